The van der Waals surface area contributed by atoms with E-state index in [1.165, 1.54) is 6.07 Å². The molecular formula is C14H19FN4O. The highest BCUT2D eigenvalue weighted by atomic mass is 19.1. The van der Waals surface area contributed by atoms with Gasteiger partial charge < -0.3 is 10.1 Å². The Morgan fingerprint density at radius 3 is 2.85 bits per heavy atom. The third kappa shape index (κ3) is 3.54. The van der Waals surface area contributed by atoms with Gasteiger partial charge in [0.05, 0.1) is 6.20 Å². The molecule has 1 unspecified atom stereocenters. The molecule has 108 valence electrons. The third-order valence-electron chi connectivity index (χ3n) is 2.99. The minimum atomic E-state index is -0.268. The Morgan fingerprint density at radius 1 is 1.45 bits per heavy atom. The van der Waals surface area contributed by atoms with Crippen molar-refractivity contribution >= 4 is 0 Å². The van der Waals surface area contributed by atoms with Gasteiger partial charge in [-0.25, -0.2) is 4.39 Å². The third-order valence-corrected chi connectivity index (χ3v) is 2.99. The maximum Gasteiger partial charge on any atom is 0.134 e. The highest BCUT2D eigenvalue weighted by Gasteiger charge is 2.11. The molecule has 6 heteroatoms. The molecule has 1 N–H and O–H groups in total. The zero-order valence-electron chi connectivity index (χ0n) is 11.9. The second kappa shape index (κ2) is 6.47. The van der Waals surface area contributed by atoms with Crippen molar-refractivity contribution in [3.8, 4) is 5.75 Å². The quantitative estimate of drug-likeness (QED) is 0.880. The predicted molar refractivity (Wildman–Crippen MR) is 73.8 cm³/mol. The summed E-state index contributed by atoms with van der Waals surface area (Å²) in [5.74, 6) is 0.218. The van der Waals surface area contributed by atoms with E-state index in [-0.39, 0.29) is 18.5 Å². The Morgan fingerprint density at radius 2 is 2.25 bits per heavy atom. The van der Waals surface area contributed by atoms with Crippen molar-refractivity contribution in [1.82, 2.24) is 20.3 Å². The monoisotopic (exact) mass is 278 g/mol. The molecule has 1 heterocycles. The van der Waals surface area contributed by atoms with E-state index in [9.17, 15) is 4.39 Å². The maximum absolute atomic E-state index is 14.0. The second-order valence-corrected chi connectivity index (χ2v) is 4.63. The molecule has 0 aliphatic carbocycles. The normalized spacial score (nSPS) is 12.4. The largest absolute Gasteiger partial charge is 0.487 e. The zero-order chi connectivity index (χ0) is 14.5. The minimum absolute atomic E-state index is 0.0194. The van der Waals surface area contributed by atoms with Gasteiger partial charge in [-0.2, -0.15) is 0 Å². The van der Waals surface area contributed by atoms with Crippen LogP contribution in [0.5, 0.6) is 5.75 Å². The van der Waals surface area contributed by atoms with Gasteiger partial charge in [0.25, 0.3) is 0 Å². The molecule has 1 aromatic heterocycles. The van der Waals surface area contributed by atoms with Gasteiger partial charge in [-0.3, -0.25) is 4.68 Å². The van der Waals surface area contributed by atoms with Gasteiger partial charge in [-0.1, -0.05) is 18.2 Å². The number of aryl methyl sites for hydroxylation is 1. The van der Waals surface area contributed by atoms with Gasteiger partial charge in [-0.15, -0.1) is 5.10 Å². The van der Waals surface area contributed by atoms with Gasteiger partial charge in [0.1, 0.15) is 23.9 Å². The van der Waals surface area contributed by atoms with Crippen LogP contribution in [0.3, 0.4) is 0 Å². The molecule has 0 fully saturated rings. The van der Waals surface area contributed by atoms with Crippen molar-refractivity contribution in [2.75, 3.05) is 6.54 Å². The van der Waals surface area contributed by atoms with Crippen LogP contribution in [0.15, 0.2) is 24.4 Å². The van der Waals surface area contributed by atoms with Crippen LogP contribution in [0, 0.1) is 5.82 Å². The first-order valence-corrected chi connectivity index (χ1v) is 6.61. The van der Waals surface area contributed by atoms with Crippen LogP contribution in [0.25, 0.3) is 0 Å². The molecule has 0 saturated carbocycles. The number of ether oxygens (including phenoxy) is 1. The van der Waals surface area contributed by atoms with Crippen LogP contribution >= 0.6 is 0 Å². The SMILES string of the molecule is CCNC(C)c1ccc(OCc2cn(C)nn2)cc1F. The van der Waals surface area contributed by atoms with Gasteiger partial charge in [0.15, 0.2) is 0 Å². The van der Waals surface area contributed by atoms with E-state index in [0.29, 0.717) is 17.0 Å². The molecule has 0 radical (unpaired) electrons. The number of hydrogen-bond donors (Lipinski definition) is 1. The van der Waals surface area contributed by atoms with E-state index in [0.717, 1.165) is 6.54 Å². The topological polar surface area (TPSA) is 52.0 Å². The number of hydrogen-bond acceptors (Lipinski definition) is 4. The lowest BCUT2D eigenvalue weighted by atomic mass is 10.1. The highest BCUT2D eigenvalue weighted by Crippen LogP contribution is 2.22. The first-order valence-electron chi connectivity index (χ1n) is 6.61. The molecule has 0 aliphatic heterocycles. The predicted octanol–water partition coefficient (Wildman–Crippen LogP) is 2.20. The summed E-state index contributed by atoms with van der Waals surface area (Å²) in [5.41, 5.74) is 1.34. The van der Waals surface area contributed by atoms with Crippen molar-refractivity contribution in [3.05, 3.63) is 41.5 Å². The average molecular weight is 278 g/mol. The van der Waals surface area contributed by atoms with Crippen LogP contribution in [0.2, 0.25) is 0 Å². The highest BCUT2D eigenvalue weighted by molar-refractivity contribution is 5.30. The molecule has 5 nitrogen and oxygen atoms in total. The van der Waals surface area contributed by atoms with E-state index in [1.54, 1.807) is 30.1 Å². The molecule has 0 bridgehead atoms. The Bertz CT molecular complexity index is 570. The Kier molecular flexibility index (Phi) is 4.68. The fourth-order valence-electron chi connectivity index (χ4n) is 1.98. The molecule has 2 aromatic rings. The summed E-state index contributed by atoms with van der Waals surface area (Å²) in [5, 5.41) is 10.9. The average Bonchev–Trinajstić information content (AvgIpc) is 2.82. The van der Waals surface area contributed by atoms with E-state index in [4.69, 9.17) is 4.74 Å². The molecule has 0 amide bonds. The Hall–Kier alpha value is -1.95. The van der Waals surface area contributed by atoms with Gasteiger partial charge in [0, 0.05) is 24.7 Å². The Labute approximate surface area is 117 Å². The van der Waals surface area contributed by atoms with Crippen LogP contribution in [-0.4, -0.2) is 21.5 Å². The maximum atomic E-state index is 14.0. The zero-order valence-corrected chi connectivity index (χ0v) is 11.9. The number of halogens is 1. The van der Waals surface area contributed by atoms with Gasteiger partial charge in [-0.05, 0) is 19.5 Å². The molecule has 2 rings (SSSR count). The Balaban J connectivity index is 2.01. The lowest BCUT2D eigenvalue weighted by Crippen LogP contribution is -2.18. The number of rotatable bonds is 6. The lowest BCUT2D eigenvalue weighted by Gasteiger charge is -2.14. The molecule has 1 aromatic carbocycles. The standard InChI is InChI=1S/C14H19FN4O/c1-4-16-10(2)13-6-5-12(7-14(13)15)20-9-11-8-19(3)18-17-11/h5-8,10,16H,4,9H2,1-3H3. The van der Waals surface area contributed by atoms with Gasteiger partial charge >= 0.3 is 0 Å². The summed E-state index contributed by atoms with van der Waals surface area (Å²) in [6.07, 6.45) is 1.76. The smallest absolute Gasteiger partial charge is 0.134 e. The van der Waals surface area contributed by atoms with Crippen LogP contribution in [0.1, 0.15) is 31.1 Å². The molecule has 0 saturated heterocycles. The molecule has 0 aliphatic rings. The number of benzene rings is 1. The molecule has 20 heavy (non-hydrogen) atoms. The minimum Gasteiger partial charge on any atom is -0.487 e. The van der Waals surface area contributed by atoms with E-state index in [2.05, 4.69) is 15.6 Å². The second-order valence-electron chi connectivity index (χ2n) is 4.63. The first-order chi connectivity index (χ1) is 9.60. The van der Waals surface area contributed by atoms with Crippen LogP contribution in [0.4, 0.5) is 4.39 Å². The van der Waals surface area contributed by atoms with Crippen LogP contribution in [-0.2, 0) is 13.7 Å². The first kappa shape index (κ1) is 14.5. The van der Waals surface area contributed by atoms with Crippen molar-refractivity contribution in [2.45, 2.75) is 26.5 Å². The summed E-state index contributed by atoms with van der Waals surface area (Å²) < 4.78 is 21.1. The fraction of sp³-hybridized carbons (Fsp3) is 0.429. The summed E-state index contributed by atoms with van der Waals surface area (Å²) in [6.45, 7) is 5.00. The molecular weight excluding hydrogens is 259 g/mol. The van der Waals surface area contributed by atoms with Crippen LogP contribution < -0.4 is 10.1 Å². The number of nitrogens with zero attached hydrogens (tertiary/aromatic N) is 3. The van der Waals surface area contributed by atoms with Gasteiger partial charge in [0.2, 0.25) is 0 Å². The summed E-state index contributed by atoms with van der Waals surface area (Å²) >= 11 is 0. The van der Waals surface area contributed by atoms with Crippen molar-refractivity contribution in [1.29, 1.82) is 0 Å². The molecule has 1 atom stereocenters. The number of nitrogens with one attached hydrogen (secondary N) is 1. The number of aromatic nitrogens is 3. The lowest BCUT2D eigenvalue weighted by molar-refractivity contribution is 0.299. The summed E-state index contributed by atoms with van der Waals surface area (Å²) in [7, 11) is 1.78. The van der Waals surface area contributed by atoms with Crippen molar-refractivity contribution in [2.24, 2.45) is 7.05 Å². The summed E-state index contributed by atoms with van der Waals surface area (Å²) in [6, 6.07) is 4.89. The van der Waals surface area contributed by atoms with E-state index < -0.39 is 0 Å². The summed E-state index contributed by atoms with van der Waals surface area (Å²) in [4.78, 5) is 0. The molecule has 0 spiro atoms. The van der Waals surface area contributed by atoms with Crippen molar-refractivity contribution < 1.29 is 9.13 Å². The van der Waals surface area contributed by atoms with Crippen molar-refractivity contribution in [3.63, 3.8) is 0 Å². The van der Waals surface area contributed by atoms with E-state index >= 15 is 0 Å². The van der Waals surface area contributed by atoms with E-state index in [1.807, 2.05) is 13.8 Å². The fourth-order valence-corrected chi connectivity index (χ4v) is 1.98.